The molecule has 0 bridgehead atoms. The molecule has 0 saturated carbocycles. The Balaban J connectivity index is 2.33. The molecule has 0 aromatic carbocycles. The first-order valence-electron chi connectivity index (χ1n) is 4.62. The van der Waals surface area contributed by atoms with E-state index in [0.29, 0.717) is 0 Å². The zero-order chi connectivity index (χ0) is 10.4. The SMILES string of the molecule is NCCCCCc1nc(C(=O)O)cs1. The van der Waals surface area contributed by atoms with Crippen molar-refractivity contribution in [1.29, 1.82) is 0 Å². The van der Waals surface area contributed by atoms with E-state index in [9.17, 15) is 4.79 Å². The molecule has 0 radical (unpaired) electrons. The van der Waals surface area contributed by atoms with E-state index in [1.165, 1.54) is 11.3 Å². The average molecular weight is 214 g/mol. The van der Waals surface area contributed by atoms with Crippen LogP contribution in [0.1, 0.15) is 34.8 Å². The largest absolute Gasteiger partial charge is 0.476 e. The lowest BCUT2D eigenvalue weighted by atomic mass is 10.2. The highest BCUT2D eigenvalue weighted by Crippen LogP contribution is 2.12. The molecule has 0 fully saturated rings. The van der Waals surface area contributed by atoms with Gasteiger partial charge in [-0.2, -0.15) is 0 Å². The predicted molar refractivity (Wildman–Crippen MR) is 55.7 cm³/mol. The Labute approximate surface area is 86.8 Å². The summed E-state index contributed by atoms with van der Waals surface area (Å²) in [5, 5.41) is 11.1. The third kappa shape index (κ3) is 3.43. The first-order chi connectivity index (χ1) is 6.74. The van der Waals surface area contributed by atoms with Gasteiger partial charge in [-0.1, -0.05) is 6.42 Å². The molecule has 14 heavy (non-hydrogen) atoms. The van der Waals surface area contributed by atoms with Crippen LogP contribution in [0.5, 0.6) is 0 Å². The third-order valence-corrected chi connectivity index (χ3v) is 2.77. The number of hydrogen-bond donors (Lipinski definition) is 2. The number of unbranched alkanes of at least 4 members (excludes halogenated alkanes) is 2. The highest BCUT2D eigenvalue weighted by Gasteiger charge is 2.07. The monoisotopic (exact) mass is 214 g/mol. The van der Waals surface area contributed by atoms with Crippen molar-refractivity contribution in [3.8, 4) is 0 Å². The van der Waals surface area contributed by atoms with Crippen LogP contribution in [0, 0.1) is 0 Å². The molecule has 0 aliphatic carbocycles. The number of carboxylic acid groups (broad SMARTS) is 1. The van der Waals surface area contributed by atoms with Crippen LogP contribution >= 0.6 is 11.3 Å². The van der Waals surface area contributed by atoms with Crippen molar-refractivity contribution < 1.29 is 9.90 Å². The smallest absolute Gasteiger partial charge is 0.355 e. The van der Waals surface area contributed by atoms with Gasteiger partial charge in [-0.25, -0.2) is 9.78 Å². The van der Waals surface area contributed by atoms with Gasteiger partial charge < -0.3 is 10.8 Å². The number of hydrogen-bond acceptors (Lipinski definition) is 4. The summed E-state index contributed by atoms with van der Waals surface area (Å²) in [4.78, 5) is 14.5. The Morgan fingerprint density at radius 1 is 1.50 bits per heavy atom. The Bertz CT molecular complexity index is 299. The highest BCUT2D eigenvalue weighted by molar-refractivity contribution is 7.09. The van der Waals surface area contributed by atoms with Gasteiger partial charge in [0.25, 0.3) is 0 Å². The standard InChI is InChI=1S/C9H14N2O2S/c10-5-3-1-2-4-8-11-7(6-14-8)9(12)13/h6H,1-5,10H2,(H,12,13). The molecule has 0 aliphatic heterocycles. The number of aromatic carboxylic acids is 1. The van der Waals surface area contributed by atoms with Gasteiger partial charge in [-0.3, -0.25) is 0 Å². The summed E-state index contributed by atoms with van der Waals surface area (Å²) in [6, 6.07) is 0. The summed E-state index contributed by atoms with van der Waals surface area (Å²) in [6.45, 7) is 0.720. The van der Waals surface area contributed by atoms with Gasteiger partial charge in [0.15, 0.2) is 5.69 Å². The van der Waals surface area contributed by atoms with Crippen molar-refractivity contribution in [2.45, 2.75) is 25.7 Å². The summed E-state index contributed by atoms with van der Waals surface area (Å²) >= 11 is 1.41. The molecule has 1 rings (SSSR count). The molecule has 0 unspecified atom stereocenters. The second-order valence-electron chi connectivity index (χ2n) is 3.03. The van der Waals surface area contributed by atoms with E-state index in [-0.39, 0.29) is 5.69 Å². The van der Waals surface area contributed by atoms with Gasteiger partial charge in [0.1, 0.15) is 0 Å². The molecule has 0 aliphatic rings. The fourth-order valence-corrected chi connectivity index (χ4v) is 1.94. The lowest BCUT2D eigenvalue weighted by molar-refractivity contribution is 0.0691. The lowest BCUT2D eigenvalue weighted by Crippen LogP contribution is -1.99. The zero-order valence-electron chi connectivity index (χ0n) is 7.90. The molecule has 3 N–H and O–H groups in total. The maximum absolute atomic E-state index is 10.5. The van der Waals surface area contributed by atoms with Crippen molar-refractivity contribution in [1.82, 2.24) is 4.98 Å². The van der Waals surface area contributed by atoms with Gasteiger partial charge >= 0.3 is 5.97 Å². The van der Waals surface area contributed by atoms with E-state index in [4.69, 9.17) is 10.8 Å². The van der Waals surface area contributed by atoms with Gasteiger partial charge in [0.05, 0.1) is 5.01 Å². The van der Waals surface area contributed by atoms with E-state index in [0.717, 1.165) is 37.2 Å². The minimum absolute atomic E-state index is 0.156. The number of aromatic nitrogens is 1. The maximum Gasteiger partial charge on any atom is 0.355 e. The van der Waals surface area contributed by atoms with Crippen LogP contribution in [-0.4, -0.2) is 22.6 Å². The van der Waals surface area contributed by atoms with Crippen LogP contribution in [0.15, 0.2) is 5.38 Å². The second-order valence-corrected chi connectivity index (χ2v) is 3.97. The lowest BCUT2D eigenvalue weighted by Gasteiger charge is -1.95. The Morgan fingerprint density at radius 3 is 2.86 bits per heavy atom. The maximum atomic E-state index is 10.5. The van der Waals surface area contributed by atoms with E-state index in [1.807, 2.05) is 0 Å². The average Bonchev–Trinajstić information content (AvgIpc) is 2.61. The highest BCUT2D eigenvalue weighted by atomic mass is 32.1. The number of carboxylic acids is 1. The van der Waals surface area contributed by atoms with Crippen molar-refractivity contribution >= 4 is 17.3 Å². The molecule has 0 saturated heterocycles. The summed E-state index contributed by atoms with van der Waals surface area (Å²) in [5.74, 6) is -0.950. The number of aryl methyl sites for hydroxylation is 1. The molecule has 0 atom stereocenters. The van der Waals surface area contributed by atoms with Crippen LogP contribution in [-0.2, 0) is 6.42 Å². The van der Waals surface area contributed by atoms with E-state index in [2.05, 4.69) is 4.98 Å². The molecule has 78 valence electrons. The molecule has 4 nitrogen and oxygen atoms in total. The molecule has 1 aromatic heterocycles. The quantitative estimate of drug-likeness (QED) is 0.704. The first kappa shape index (κ1) is 11.1. The van der Waals surface area contributed by atoms with Gasteiger partial charge in [-0.05, 0) is 25.8 Å². The number of nitrogens with two attached hydrogens (primary N) is 1. The van der Waals surface area contributed by atoms with E-state index < -0.39 is 5.97 Å². The number of thiazole rings is 1. The van der Waals surface area contributed by atoms with Crippen LogP contribution in [0.4, 0.5) is 0 Å². The van der Waals surface area contributed by atoms with E-state index in [1.54, 1.807) is 5.38 Å². The van der Waals surface area contributed by atoms with Crippen molar-refractivity contribution in [3.05, 3.63) is 16.1 Å². The molecular formula is C9H14N2O2S. The van der Waals surface area contributed by atoms with Gasteiger partial charge in [0.2, 0.25) is 0 Å². The van der Waals surface area contributed by atoms with Crippen LogP contribution in [0.3, 0.4) is 0 Å². The van der Waals surface area contributed by atoms with Crippen LogP contribution in [0.25, 0.3) is 0 Å². The molecule has 0 spiro atoms. The fraction of sp³-hybridized carbons (Fsp3) is 0.556. The Kier molecular flexibility index (Phi) is 4.55. The molecular weight excluding hydrogens is 200 g/mol. The summed E-state index contributed by atoms with van der Waals surface area (Å²) < 4.78 is 0. The summed E-state index contributed by atoms with van der Waals surface area (Å²) in [5.41, 5.74) is 5.52. The van der Waals surface area contributed by atoms with Crippen LogP contribution in [0.2, 0.25) is 0 Å². The Morgan fingerprint density at radius 2 is 2.29 bits per heavy atom. The van der Waals surface area contributed by atoms with Crippen molar-refractivity contribution in [2.24, 2.45) is 5.73 Å². The first-order valence-corrected chi connectivity index (χ1v) is 5.49. The summed E-state index contributed by atoms with van der Waals surface area (Å²) in [6.07, 6.45) is 4.00. The second kappa shape index (κ2) is 5.72. The van der Waals surface area contributed by atoms with E-state index >= 15 is 0 Å². The minimum atomic E-state index is -0.950. The molecule has 5 heteroatoms. The Hall–Kier alpha value is -0.940. The minimum Gasteiger partial charge on any atom is -0.476 e. The molecule has 0 amide bonds. The topological polar surface area (TPSA) is 76.2 Å². The number of rotatable bonds is 6. The fourth-order valence-electron chi connectivity index (χ4n) is 1.12. The summed E-state index contributed by atoms with van der Waals surface area (Å²) in [7, 11) is 0. The normalized spacial score (nSPS) is 10.4. The molecule has 1 aromatic rings. The van der Waals surface area contributed by atoms with Gasteiger partial charge in [-0.15, -0.1) is 11.3 Å². The van der Waals surface area contributed by atoms with Gasteiger partial charge in [0, 0.05) is 5.38 Å². The van der Waals surface area contributed by atoms with Crippen molar-refractivity contribution in [3.63, 3.8) is 0 Å². The zero-order valence-corrected chi connectivity index (χ0v) is 8.72. The number of carbonyl (C=O) groups is 1. The van der Waals surface area contributed by atoms with Crippen LogP contribution < -0.4 is 5.73 Å². The molecule has 1 heterocycles. The third-order valence-electron chi connectivity index (χ3n) is 1.87. The van der Waals surface area contributed by atoms with Crippen molar-refractivity contribution in [2.75, 3.05) is 6.54 Å². The number of nitrogens with zero attached hydrogens (tertiary/aromatic N) is 1. The predicted octanol–water partition coefficient (Wildman–Crippen LogP) is 1.51.